The van der Waals surface area contributed by atoms with Crippen LogP contribution in [0, 0.1) is 0 Å². The topological polar surface area (TPSA) is 82.3 Å². The fourth-order valence-electron chi connectivity index (χ4n) is 1.77. The van der Waals surface area contributed by atoms with Crippen LogP contribution in [0.15, 0.2) is 36.4 Å². The lowest BCUT2D eigenvalue weighted by Crippen LogP contribution is -2.13. The Morgan fingerprint density at radius 2 is 1.90 bits per heavy atom. The van der Waals surface area contributed by atoms with Crippen LogP contribution in [-0.2, 0) is 9.47 Å². The second-order valence-corrected chi connectivity index (χ2v) is 4.40. The van der Waals surface area contributed by atoms with Crippen molar-refractivity contribution in [1.29, 1.82) is 0 Å². The van der Waals surface area contributed by atoms with E-state index in [1.807, 2.05) is 30.3 Å². The van der Waals surface area contributed by atoms with E-state index in [2.05, 4.69) is 15.3 Å². The summed E-state index contributed by atoms with van der Waals surface area (Å²) < 4.78 is 10.3. The normalized spacial score (nSPS) is 10.5. The van der Waals surface area contributed by atoms with Gasteiger partial charge in [0.2, 0.25) is 0 Å². The first-order valence-electron chi connectivity index (χ1n) is 6.80. The Labute approximate surface area is 124 Å². The van der Waals surface area contributed by atoms with E-state index < -0.39 is 0 Å². The van der Waals surface area contributed by atoms with Gasteiger partial charge in [0.05, 0.1) is 19.8 Å². The number of nitrogens with one attached hydrogen (secondary N) is 1. The van der Waals surface area contributed by atoms with Crippen LogP contribution in [0.25, 0.3) is 11.4 Å². The number of nitrogen functional groups attached to an aromatic ring is 1. The molecule has 0 fully saturated rings. The van der Waals surface area contributed by atoms with Gasteiger partial charge in [-0.2, -0.15) is 0 Å². The standard InChI is InChI=1S/C15H20N4O2/c1-20-9-10-21-8-7-17-14-11-13(16)18-15(19-14)12-5-3-2-4-6-12/h2-6,11H,7-10H2,1H3,(H3,16,17,18,19). The van der Waals surface area contributed by atoms with Crippen molar-refractivity contribution in [2.45, 2.75) is 0 Å². The smallest absolute Gasteiger partial charge is 0.163 e. The van der Waals surface area contributed by atoms with Gasteiger partial charge in [-0.25, -0.2) is 9.97 Å². The van der Waals surface area contributed by atoms with E-state index >= 15 is 0 Å². The zero-order chi connectivity index (χ0) is 14.9. The maximum atomic E-state index is 5.83. The zero-order valence-corrected chi connectivity index (χ0v) is 12.1. The van der Waals surface area contributed by atoms with Gasteiger partial charge in [-0.3, -0.25) is 0 Å². The predicted molar refractivity (Wildman–Crippen MR) is 83.1 cm³/mol. The number of hydrogen-bond acceptors (Lipinski definition) is 6. The van der Waals surface area contributed by atoms with Crippen LogP contribution in [0.3, 0.4) is 0 Å². The number of anilines is 2. The summed E-state index contributed by atoms with van der Waals surface area (Å²) in [6.45, 7) is 2.40. The van der Waals surface area contributed by atoms with E-state index in [1.54, 1.807) is 13.2 Å². The van der Waals surface area contributed by atoms with Crippen LogP contribution >= 0.6 is 0 Å². The summed E-state index contributed by atoms with van der Waals surface area (Å²) in [4.78, 5) is 8.71. The first-order valence-corrected chi connectivity index (χ1v) is 6.80. The minimum atomic E-state index is 0.437. The molecular formula is C15H20N4O2. The Morgan fingerprint density at radius 3 is 2.67 bits per heavy atom. The van der Waals surface area contributed by atoms with E-state index in [-0.39, 0.29) is 0 Å². The molecule has 1 aromatic carbocycles. The average Bonchev–Trinajstić information content (AvgIpc) is 2.51. The van der Waals surface area contributed by atoms with Gasteiger partial charge in [-0.1, -0.05) is 30.3 Å². The molecule has 0 saturated carbocycles. The first kappa shape index (κ1) is 15.2. The molecule has 0 aliphatic rings. The molecule has 0 unspecified atom stereocenters. The number of hydrogen-bond donors (Lipinski definition) is 2. The highest BCUT2D eigenvalue weighted by Gasteiger charge is 2.04. The van der Waals surface area contributed by atoms with Crippen LogP contribution in [0.5, 0.6) is 0 Å². The molecular weight excluding hydrogens is 268 g/mol. The lowest BCUT2D eigenvalue weighted by molar-refractivity contribution is 0.0759. The van der Waals surface area contributed by atoms with Gasteiger partial charge >= 0.3 is 0 Å². The third kappa shape index (κ3) is 5.02. The predicted octanol–water partition coefficient (Wildman–Crippen LogP) is 1.80. The van der Waals surface area contributed by atoms with Crippen LogP contribution < -0.4 is 11.1 Å². The van der Waals surface area contributed by atoms with Crippen molar-refractivity contribution >= 4 is 11.6 Å². The molecule has 2 rings (SSSR count). The Hall–Kier alpha value is -2.18. The summed E-state index contributed by atoms with van der Waals surface area (Å²) in [5.41, 5.74) is 6.76. The van der Waals surface area contributed by atoms with Gasteiger partial charge in [-0.05, 0) is 0 Å². The largest absolute Gasteiger partial charge is 0.384 e. The molecule has 0 aliphatic heterocycles. The van der Waals surface area contributed by atoms with E-state index in [1.165, 1.54) is 0 Å². The Kier molecular flexibility index (Phi) is 5.93. The molecule has 6 heteroatoms. The summed E-state index contributed by atoms with van der Waals surface area (Å²) in [7, 11) is 1.65. The number of aromatic nitrogens is 2. The highest BCUT2D eigenvalue weighted by Crippen LogP contribution is 2.18. The molecule has 6 nitrogen and oxygen atoms in total. The molecule has 21 heavy (non-hydrogen) atoms. The van der Waals surface area contributed by atoms with Crippen molar-refractivity contribution in [1.82, 2.24) is 9.97 Å². The monoisotopic (exact) mass is 288 g/mol. The molecule has 0 atom stereocenters. The van der Waals surface area contributed by atoms with Gasteiger partial charge < -0.3 is 20.5 Å². The molecule has 0 radical (unpaired) electrons. The third-order valence-corrected chi connectivity index (χ3v) is 2.76. The van der Waals surface area contributed by atoms with Crippen molar-refractivity contribution in [3.05, 3.63) is 36.4 Å². The van der Waals surface area contributed by atoms with E-state index in [0.717, 1.165) is 5.56 Å². The lowest BCUT2D eigenvalue weighted by Gasteiger charge is -2.09. The van der Waals surface area contributed by atoms with Crippen LogP contribution in [0.4, 0.5) is 11.6 Å². The molecule has 112 valence electrons. The molecule has 0 saturated heterocycles. The van der Waals surface area contributed by atoms with E-state index in [4.69, 9.17) is 15.2 Å². The van der Waals surface area contributed by atoms with E-state index in [9.17, 15) is 0 Å². The maximum Gasteiger partial charge on any atom is 0.163 e. The average molecular weight is 288 g/mol. The summed E-state index contributed by atoms with van der Waals surface area (Å²) in [6, 6.07) is 11.4. The Balaban J connectivity index is 1.93. The first-order chi connectivity index (χ1) is 10.3. The molecule has 0 amide bonds. The molecule has 1 heterocycles. The fraction of sp³-hybridized carbons (Fsp3) is 0.333. The van der Waals surface area contributed by atoms with Gasteiger partial charge in [0.1, 0.15) is 11.6 Å². The van der Waals surface area contributed by atoms with Crippen molar-refractivity contribution in [3.8, 4) is 11.4 Å². The molecule has 0 spiro atoms. The summed E-state index contributed by atoms with van der Waals surface area (Å²) >= 11 is 0. The van der Waals surface area contributed by atoms with Crippen LogP contribution in [-0.4, -0.2) is 43.4 Å². The minimum absolute atomic E-state index is 0.437. The highest BCUT2D eigenvalue weighted by molar-refractivity contribution is 5.60. The van der Waals surface area contributed by atoms with Crippen molar-refractivity contribution in [2.24, 2.45) is 0 Å². The maximum absolute atomic E-state index is 5.83. The van der Waals surface area contributed by atoms with Gasteiger partial charge in [0.15, 0.2) is 5.82 Å². The zero-order valence-electron chi connectivity index (χ0n) is 12.1. The van der Waals surface area contributed by atoms with Crippen LogP contribution in [0.2, 0.25) is 0 Å². The number of methoxy groups -OCH3 is 1. The summed E-state index contributed by atoms with van der Waals surface area (Å²) in [5, 5.41) is 3.18. The summed E-state index contributed by atoms with van der Waals surface area (Å²) in [5.74, 6) is 1.74. The Morgan fingerprint density at radius 1 is 1.10 bits per heavy atom. The molecule has 3 N–H and O–H groups in total. The fourth-order valence-corrected chi connectivity index (χ4v) is 1.77. The lowest BCUT2D eigenvalue weighted by atomic mass is 10.2. The number of nitrogens with zero attached hydrogens (tertiary/aromatic N) is 2. The Bertz CT molecular complexity index is 549. The molecule has 0 aliphatic carbocycles. The van der Waals surface area contributed by atoms with Crippen molar-refractivity contribution in [2.75, 3.05) is 44.5 Å². The third-order valence-electron chi connectivity index (χ3n) is 2.76. The molecule has 2 aromatic rings. The van der Waals surface area contributed by atoms with Crippen molar-refractivity contribution < 1.29 is 9.47 Å². The van der Waals surface area contributed by atoms with Crippen molar-refractivity contribution in [3.63, 3.8) is 0 Å². The minimum Gasteiger partial charge on any atom is -0.384 e. The van der Waals surface area contributed by atoms with E-state index in [0.29, 0.717) is 43.8 Å². The molecule has 0 bridgehead atoms. The van der Waals surface area contributed by atoms with Gasteiger partial charge in [-0.15, -0.1) is 0 Å². The highest BCUT2D eigenvalue weighted by atomic mass is 16.5. The SMILES string of the molecule is COCCOCCNc1cc(N)nc(-c2ccccc2)n1. The van der Waals surface area contributed by atoms with Gasteiger partial charge in [0, 0.05) is 25.3 Å². The summed E-state index contributed by atoms with van der Waals surface area (Å²) in [6.07, 6.45) is 0. The number of benzene rings is 1. The number of nitrogens with two attached hydrogens (primary N) is 1. The van der Waals surface area contributed by atoms with Gasteiger partial charge in [0.25, 0.3) is 0 Å². The molecule has 1 aromatic heterocycles. The quantitative estimate of drug-likeness (QED) is 0.721. The number of ether oxygens (including phenoxy) is 2. The number of rotatable bonds is 8. The second kappa shape index (κ2) is 8.18. The second-order valence-electron chi connectivity index (χ2n) is 4.40. The van der Waals surface area contributed by atoms with Crippen LogP contribution in [0.1, 0.15) is 0 Å².